The first-order chi connectivity index (χ1) is 8.50. The Morgan fingerprint density at radius 1 is 1.22 bits per heavy atom. The molecule has 0 aromatic heterocycles. The maximum Gasteiger partial charge on any atom is 0.416 e. The summed E-state index contributed by atoms with van der Waals surface area (Å²) in [7, 11) is 0. The standard InChI is InChI=1S/C14H13F3O/c1-2-11-8-18-9-12(11)7-10-3-5-13(6-4-10)14(15,16)17/h2-7,11H,1,8-9H2/b12-7-. The van der Waals surface area contributed by atoms with Crippen LogP contribution in [0.4, 0.5) is 13.2 Å². The van der Waals surface area contributed by atoms with Crippen molar-refractivity contribution >= 4 is 6.08 Å². The normalized spacial score (nSPS) is 22.4. The number of halogens is 3. The number of ether oxygens (including phenoxy) is 1. The van der Waals surface area contributed by atoms with Crippen LogP contribution in [0, 0.1) is 5.92 Å². The summed E-state index contributed by atoms with van der Waals surface area (Å²) in [5.41, 5.74) is 1.16. The van der Waals surface area contributed by atoms with Crippen LogP contribution in [0.1, 0.15) is 11.1 Å². The van der Waals surface area contributed by atoms with Gasteiger partial charge in [0.1, 0.15) is 0 Å². The molecule has 0 N–H and O–H groups in total. The Hall–Kier alpha value is -1.55. The van der Waals surface area contributed by atoms with Gasteiger partial charge < -0.3 is 4.74 Å². The molecule has 4 heteroatoms. The van der Waals surface area contributed by atoms with Crippen LogP contribution in [0.5, 0.6) is 0 Å². The molecule has 1 aliphatic heterocycles. The van der Waals surface area contributed by atoms with Crippen molar-refractivity contribution < 1.29 is 17.9 Å². The second-order valence-corrected chi connectivity index (χ2v) is 4.20. The van der Waals surface area contributed by atoms with Crippen molar-refractivity contribution in [3.05, 3.63) is 53.6 Å². The van der Waals surface area contributed by atoms with E-state index in [9.17, 15) is 13.2 Å². The highest BCUT2D eigenvalue weighted by Crippen LogP contribution is 2.30. The van der Waals surface area contributed by atoms with E-state index >= 15 is 0 Å². The molecule has 1 nitrogen and oxygen atoms in total. The zero-order chi connectivity index (χ0) is 13.2. The minimum absolute atomic E-state index is 0.160. The van der Waals surface area contributed by atoms with Gasteiger partial charge in [-0.1, -0.05) is 24.3 Å². The van der Waals surface area contributed by atoms with Crippen LogP contribution in [0.15, 0.2) is 42.5 Å². The second kappa shape index (κ2) is 4.98. The van der Waals surface area contributed by atoms with Crippen molar-refractivity contribution in [2.24, 2.45) is 5.92 Å². The van der Waals surface area contributed by atoms with Gasteiger partial charge in [-0.25, -0.2) is 0 Å². The maximum absolute atomic E-state index is 12.4. The van der Waals surface area contributed by atoms with Crippen molar-refractivity contribution in [3.63, 3.8) is 0 Å². The van der Waals surface area contributed by atoms with Gasteiger partial charge in [-0.15, -0.1) is 6.58 Å². The smallest absolute Gasteiger partial charge is 0.376 e. The highest BCUT2D eigenvalue weighted by atomic mass is 19.4. The minimum Gasteiger partial charge on any atom is -0.376 e. The number of alkyl halides is 3. The summed E-state index contributed by atoms with van der Waals surface area (Å²) in [6, 6.07) is 5.11. The molecule has 0 amide bonds. The fraction of sp³-hybridized carbons (Fsp3) is 0.286. The van der Waals surface area contributed by atoms with E-state index in [1.165, 1.54) is 12.1 Å². The van der Waals surface area contributed by atoms with Gasteiger partial charge >= 0.3 is 6.18 Å². The lowest BCUT2D eigenvalue weighted by Crippen LogP contribution is -2.04. The summed E-state index contributed by atoms with van der Waals surface area (Å²) in [6.07, 6.45) is -0.631. The number of rotatable bonds is 2. The third-order valence-corrected chi connectivity index (χ3v) is 2.92. The summed E-state index contributed by atoms with van der Waals surface area (Å²) in [5, 5.41) is 0. The third kappa shape index (κ3) is 2.82. The third-order valence-electron chi connectivity index (χ3n) is 2.92. The molecule has 0 radical (unpaired) electrons. The zero-order valence-corrected chi connectivity index (χ0v) is 9.70. The average Bonchev–Trinajstić information content (AvgIpc) is 2.76. The molecule has 96 valence electrons. The van der Waals surface area contributed by atoms with E-state index in [-0.39, 0.29) is 5.92 Å². The first-order valence-electron chi connectivity index (χ1n) is 5.59. The fourth-order valence-electron chi connectivity index (χ4n) is 1.87. The molecule has 1 aromatic rings. The molecule has 1 aliphatic rings. The second-order valence-electron chi connectivity index (χ2n) is 4.20. The first kappa shape index (κ1) is 12.9. The highest BCUT2D eigenvalue weighted by Gasteiger charge is 2.29. The Kier molecular flexibility index (Phi) is 3.57. The summed E-state index contributed by atoms with van der Waals surface area (Å²) >= 11 is 0. The lowest BCUT2D eigenvalue weighted by molar-refractivity contribution is -0.137. The summed E-state index contributed by atoms with van der Waals surface area (Å²) < 4.78 is 42.5. The van der Waals surface area contributed by atoms with Crippen molar-refractivity contribution in [1.82, 2.24) is 0 Å². The van der Waals surface area contributed by atoms with Crippen LogP contribution in [0.2, 0.25) is 0 Å². The molecule has 1 saturated heterocycles. The molecule has 1 fully saturated rings. The monoisotopic (exact) mass is 254 g/mol. The maximum atomic E-state index is 12.4. The Labute approximate surface area is 104 Å². The van der Waals surface area contributed by atoms with Gasteiger partial charge in [0, 0.05) is 5.92 Å². The van der Waals surface area contributed by atoms with Crippen LogP contribution in [0.25, 0.3) is 6.08 Å². The van der Waals surface area contributed by atoms with Crippen LogP contribution in [-0.2, 0) is 10.9 Å². The van der Waals surface area contributed by atoms with E-state index in [1.807, 2.05) is 6.08 Å². The molecule has 2 rings (SSSR count). The predicted octanol–water partition coefficient (Wildman–Crippen LogP) is 3.92. The molecule has 0 bridgehead atoms. The number of hydrogen-bond acceptors (Lipinski definition) is 1. The average molecular weight is 254 g/mol. The fourth-order valence-corrected chi connectivity index (χ4v) is 1.87. The van der Waals surface area contributed by atoms with E-state index in [4.69, 9.17) is 4.74 Å². The Morgan fingerprint density at radius 3 is 2.44 bits per heavy atom. The molecular weight excluding hydrogens is 241 g/mol. The molecule has 1 unspecified atom stereocenters. The molecule has 0 saturated carbocycles. The van der Waals surface area contributed by atoms with Crippen LogP contribution in [-0.4, -0.2) is 13.2 Å². The molecular formula is C14H13F3O. The van der Waals surface area contributed by atoms with Crippen molar-refractivity contribution in [2.75, 3.05) is 13.2 Å². The summed E-state index contributed by atoms with van der Waals surface area (Å²) in [4.78, 5) is 0. The van der Waals surface area contributed by atoms with Crippen LogP contribution in [0.3, 0.4) is 0 Å². The largest absolute Gasteiger partial charge is 0.416 e. The zero-order valence-electron chi connectivity index (χ0n) is 9.70. The van der Waals surface area contributed by atoms with Gasteiger partial charge in [0.15, 0.2) is 0 Å². The Balaban J connectivity index is 2.20. The van der Waals surface area contributed by atoms with Gasteiger partial charge in [-0.3, -0.25) is 0 Å². The van der Waals surface area contributed by atoms with Crippen molar-refractivity contribution in [1.29, 1.82) is 0 Å². The van der Waals surface area contributed by atoms with E-state index in [2.05, 4.69) is 6.58 Å². The number of benzene rings is 1. The van der Waals surface area contributed by atoms with E-state index in [1.54, 1.807) is 6.08 Å². The molecule has 1 atom stereocenters. The topological polar surface area (TPSA) is 9.23 Å². The van der Waals surface area contributed by atoms with E-state index < -0.39 is 11.7 Å². The van der Waals surface area contributed by atoms with Crippen molar-refractivity contribution in [2.45, 2.75) is 6.18 Å². The lowest BCUT2D eigenvalue weighted by Gasteiger charge is -2.07. The van der Waals surface area contributed by atoms with E-state index in [0.717, 1.165) is 23.3 Å². The van der Waals surface area contributed by atoms with E-state index in [0.29, 0.717) is 13.2 Å². The first-order valence-corrected chi connectivity index (χ1v) is 5.59. The predicted molar refractivity (Wildman–Crippen MR) is 63.9 cm³/mol. The Morgan fingerprint density at radius 2 is 1.89 bits per heavy atom. The SMILES string of the molecule is C=CC1COC/C1=C/c1ccc(C(F)(F)F)cc1. The minimum atomic E-state index is -4.29. The lowest BCUT2D eigenvalue weighted by atomic mass is 10.00. The van der Waals surface area contributed by atoms with Crippen molar-refractivity contribution in [3.8, 4) is 0 Å². The summed E-state index contributed by atoms with van der Waals surface area (Å²) in [6.45, 7) is 4.82. The number of hydrogen-bond donors (Lipinski definition) is 0. The molecule has 1 heterocycles. The van der Waals surface area contributed by atoms with Gasteiger partial charge in [-0.2, -0.15) is 13.2 Å². The van der Waals surface area contributed by atoms with Gasteiger partial charge in [-0.05, 0) is 23.3 Å². The molecule has 1 aromatic carbocycles. The quantitative estimate of drug-likeness (QED) is 0.727. The van der Waals surface area contributed by atoms with Gasteiger partial charge in [0.05, 0.1) is 18.8 Å². The molecule has 0 spiro atoms. The summed E-state index contributed by atoms with van der Waals surface area (Å²) in [5.74, 6) is 0.160. The Bertz CT molecular complexity index is 457. The van der Waals surface area contributed by atoms with Crippen LogP contribution < -0.4 is 0 Å². The van der Waals surface area contributed by atoms with Gasteiger partial charge in [0.25, 0.3) is 0 Å². The molecule has 18 heavy (non-hydrogen) atoms. The highest BCUT2D eigenvalue weighted by molar-refractivity contribution is 5.55. The van der Waals surface area contributed by atoms with Crippen LogP contribution >= 0.6 is 0 Å². The molecule has 0 aliphatic carbocycles. The van der Waals surface area contributed by atoms with Gasteiger partial charge in [0.2, 0.25) is 0 Å².